The topological polar surface area (TPSA) is 59.6 Å². The number of fused-ring (bicyclic) bond motifs is 1. The highest BCUT2D eigenvalue weighted by Gasteiger charge is 2.26. The predicted octanol–water partition coefficient (Wildman–Crippen LogP) is 2.91. The lowest BCUT2D eigenvalue weighted by Crippen LogP contribution is -2.51. The molecule has 0 aliphatic carbocycles. The maximum Gasteiger partial charge on any atom is 0.252 e. The molecule has 8 nitrogen and oxygen atoms in total. The number of ether oxygens (including phenoxy) is 1. The normalized spacial score (nSPS) is 19.4. The van der Waals surface area contributed by atoms with Gasteiger partial charge in [0.2, 0.25) is 5.91 Å². The molecule has 2 aliphatic heterocycles. The summed E-state index contributed by atoms with van der Waals surface area (Å²) >= 11 is 0. The lowest BCUT2D eigenvalue weighted by Gasteiger charge is -2.37. The maximum atomic E-state index is 14.5. The van der Waals surface area contributed by atoms with E-state index in [0.29, 0.717) is 42.8 Å². The van der Waals surface area contributed by atoms with Crippen molar-refractivity contribution >= 4 is 17.5 Å². The minimum absolute atomic E-state index is 0.0441. The monoisotopic (exact) mass is 533 g/mol. The van der Waals surface area contributed by atoms with Crippen LogP contribution in [0.3, 0.4) is 0 Å². The van der Waals surface area contributed by atoms with E-state index in [0.717, 1.165) is 58.7 Å². The molecular weight excluding hydrogens is 485 g/mol. The summed E-state index contributed by atoms with van der Waals surface area (Å²) in [6, 6.07) is 5.04. The van der Waals surface area contributed by atoms with Gasteiger partial charge >= 0.3 is 0 Å². The highest BCUT2D eigenvalue weighted by Crippen LogP contribution is 2.25. The van der Waals surface area contributed by atoms with Crippen LogP contribution in [0.4, 0.5) is 10.1 Å². The number of benzene rings is 1. The van der Waals surface area contributed by atoms with Crippen LogP contribution in [-0.2, 0) is 20.9 Å². The zero-order valence-electron chi connectivity index (χ0n) is 24.1. The van der Waals surface area contributed by atoms with E-state index in [-0.39, 0.29) is 30.8 Å². The molecule has 2 amide bonds. The molecule has 0 unspecified atom stereocenters. The molecule has 214 valence electrons. The molecule has 0 saturated carbocycles. The lowest BCUT2D eigenvalue weighted by atomic mass is 10.1. The number of carbonyl (C=O) groups is 2. The number of halogens is 1. The van der Waals surface area contributed by atoms with Gasteiger partial charge in [0.15, 0.2) is 0 Å². The van der Waals surface area contributed by atoms with Crippen molar-refractivity contribution in [3.05, 3.63) is 29.6 Å². The van der Waals surface area contributed by atoms with Crippen molar-refractivity contribution in [1.29, 1.82) is 0 Å². The standard InChI is InChI=1S/C29H48FN5O3/c1-23(2)19-31-10-6-12-34(28(36)21-32-14-16-33(17-15-32)24(3)4)20-25-18-26(30)8-9-27(25)35(13-7-11-31)29(37)22-38-5/h8-9,18,23-24H,6-7,10-17,19-22H2,1-5H3. The third-order valence-corrected chi connectivity index (χ3v) is 7.49. The van der Waals surface area contributed by atoms with Crippen LogP contribution in [0.15, 0.2) is 18.2 Å². The fraction of sp³-hybridized carbons (Fsp3) is 0.724. The van der Waals surface area contributed by atoms with Gasteiger partial charge in [-0.3, -0.25) is 19.4 Å². The summed E-state index contributed by atoms with van der Waals surface area (Å²) in [5, 5.41) is 0. The molecule has 2 heterocycles. The molecule has 1 aromatic carbocycles. The van der Waals surface area contributed by atoms with Crippen LogP contribution in [0.5, 0.6) is 0 Å². The van der Waals surface area contributed by atoms with Gasteiger partial charge in [-0.2, -0.15) is 0 Å². The number of hydrogen-bond acceptors (Lipinski definition) is 6. The van der Waals surface area contributed by atoms with E-state index in [9.17, 15) is 14.0 Å². The average Bonchev–Trinajstić information content (AvgIpc) is 2.85. The van der Waals surface area contributed by atoms with Crippen LogP contribution in [-0.4, -0.2) is 117 Å². The van der Waals surface area contributed by atoms with Crippen molar-refractivity contribution in [1.82, 2.24) is 19.6 Å². The van der Waals surface area contributed by atoms with Crippen molar-refractivity contribution in [2.75, 3.05) is 84.1 Å². The Morgan fingerprint density at radius 3 is 2.21 bits per heavy atom. The second-order valence-electron chi connectivity index (χ2n) is 11.4. The Morgan fingerprint density at radius 1 is 0.895 bits per heavy atom. The van der Waals surface area contributed by atoms with Gasteiger partial charge in [-0.1, -0.05) is 13.8 Å². The zero-order chi connectivity index (χ0) is 27.7. The summed E-state index contributed by atoms with van der Waals surface area (Å²) in [6.07, 6.45) is 1.67. The van der Waals surface area contributed by atoms with E-state index in [1.54, 1.807) is 11.0 Å². The first-order valence-corrected chi connectivity index (χ1v) is 14.2. The molecule has 0 atom stereocenters. The van der Waals surface area contributed by atoms with Crippen molar-refractivity contribution in [2.45, 2.75) is 53.1 Å². The predicted molar refractivity (Wildman–Crippen MR) is 150 cm³/mol. The van der Waals surface area contributed by atoms with Gasteiger partial charge in [-0.25, -0.2) is 4.39 Å². The summed E-state index contributed by atoms with van der Waals surface area (Å²) in [6.45, 7) is 16.9. The minimum atomic E-state index is -0.365. The highest BCUT2D eigenvalue weighted by molar-refractivity contribution is 5.95. The van der Waals surface area contributed by atoms with Crippen molar-refractivity contribution in [3.8, 4) is 0 Å². The van der Waals surface area contributed by atoms with Gasteiger partial charge < -0.3 is 19.4 Å². The van der Waals surface area contributed by atoms with Crippen LogP contribution in [0.1, 0.15) is 46.1 Å². The first-order valence-electron chi connectivity index (χ1n) is 14.2. The Kier molecular flexibility index (Phi) is 12.0. The third-order valence-electron chi connectivity index (χ3n) is 7.49. The van der Waals surface area contributed by atoms with Gasteiger partial charge in [0, 0.05) is 71.2 Å². The SMILES string of the molecule is COCC(=O)N1CCCN(CC(C)C)CCCN(C(=O)CN2CCN(C(C)C)CC2)Cc2cc(F)ccc21. The molecule has 0 bridgehead atoms. The number of carbonyl (C=O) groups excluding carboxylic acids is 2. The number of piperazine rings is 1. The first kappa shape index (κ1) is 30.5. The molecule has 1 fully saturated rings. The van der Waals surface area contributed by atoms with Crippen LogP contribution >= 0.6 is 0 Å². The molecule has 1 aromatic rings. The van der Waals surface area contributed by atoms with Crippen LogP contribution < -0.4 is 4.90 Å². The Bertz CT molecular complexity index is 904. The van der Waals surface area contributed by atoms with Crippen LogP contribution in [0.25, 0.3) is 0 Å². The van der Waals surface area contributed by atoms with Gasteiger partial charge in [0.1, 0.15) is 12.4 Å². The largest absolute Gasteiger partial charge is 0.375 e. The Hall–Kier alpha value is -2.07. The van der Waals surface area contributed by atoms with Crippen molar-refractivity contribution < 1.29 is 18.7 Å². The zero-order valence-corrected chi connectivity index (χ0v) is 24.1. The molecule has 38 heavy (non-hydrogen) atoms. The molecule has 1 saturated heterocycles. The van der Waals surface area contributed by atoms with E-state index >= 15 is 0 Å². The van der Waals surface area contributed by atoms with E-state index in [1.807, 2.05) is 4.90 Å². The molecular formula is C29H48FN5O3. The Labute approximate surface area is 228 Å². The smallest absolute Gasteiger partial charge is 0.252 e. The number of nitrogens with zero attached hydrogens (tertiary/aromatic N) is 5. The van der Waals surface area contributed by atoms with Gasteiger partial charge in [0.05, 0.1) is 6.54 Å². The summed E-state index contributed by atoms with van der Waals surface area (Å²) in [5.41, 5.74) is 1.32. The highest BCUT2D eigenvalue weighted by atomic mass is 19.1. The van der Waals surface area contributed by atoms with E-state index in [4.69, 9.17) is 4.74 Å². The van der Waals surface area contributed by atoms with Gasteiger partial charge in [0.25, 0.3) is 5.91 Å². The number of rotatable bonds is 7. The summed E-state index contributed by atoms with van der Waals surface area (Å²) in [7, 11) is 1.51. The van der Waals surface area contributed by atoms with E-state index in [2.05, 4.69) is 42.4 Å². The number of anilines is 1. The number of methoxy groups -OCH3 is 1. The molecule has 2 aliphatic rings. The summed E-state index contributed by atoms with van der Waals surface area (Å²) < 4.78 is 19.6. The molecule has 0 aromatic heterocycles. The average molecular weight is 534 g/mol. The molecule has 3 rings (SSSR count). The Balaban J connectivity index is 1.85. The fourth-order valence-electron chi connectivity index (χ4n) is 5.50. The van der Waals surface area contributed by atoms with E-state index in [1.165, 1.54) is 19.2 Å². The molecule has 0 N–H and O–H groups in total. The van der Waals surface area contributed by atoms with Gasteiger partial charge in [-0.05, 0) is 69.5 Å². The maximum absolute atomic E-state index is 14.5. The minimum Gasteiger partial charge on any atom is -0.375 e. The van der Waals surface area contributed by atoms with Crippen LogP contribution in [0.2, 0.25) is 0 Å². The van der Waals surface area contributed by atoms with Crippen molar-refractivity contribution in [3.63, 3.8) is 0 Å². The van der Waals surface area contributed by atoms with Gasteiger partial charge in [-0.15, -0.1) is 0 Å². The summed E-state index contributed by atoms with van der Waals surface area (Å²) in [5.74, 6) is 0.0598. The Morgan fingerprint density at radius 2 is 1.58 bits per heavy atom. The third kappa shape index (κ3) is 9.00. The van der Waals surface area contributed by atoms with Crippen molar-refractivity contribution in [2.24, 2.45) is 5.92 Å². The second kappa shape index (κ2) is 14.9. The quantitative estimate of drug-likeness (QED) is 0.537. The van der Waals surface area contributed by atoms with Crippen LogP contribution in [0, 0.1) is 11.7 Å². The van der Waals surface area contributed by atoms with E-state index < -0.39 is 0 Å². The summed E-state index contributed by atoms with van der Waals surface area (Å²) in [4.78, 5) is 37.4. The molecule has 0 spiro atoms. The molecule has 9 heteroatoms. The molecule has 0 radical (unpaired) electrons. The number of amides is 2. The lowest BCUT2D eigenvalue weighted by molar-refractivity contribution is -0.133. The fourth-order valence-corrected chi connectivity index (χ4v) is 5.50. The first-order chi connectivity index (χ1) is 18.2. The second-order valence-corrected chi connectivity index (χ2v) is 11.4. The number of hydrogen-bond donors (Lipinski definition) is 0.